The van der Waals surface area contributed by atoms with Crippen LogP contribution in [-0.2, 0) is 18.3 Å². The molecule has 0 spiro atoms. The molecule has 1 aromatic rings. The summed E-state index contributed by atoms with van der Waals surface area (Å²) in [6.07, 6.45) is 4.52. The number of carbonyl (C=O) groups excluding carboxylic acids is 1. The molecule has 72 valence electrons. The zero-order chi connectivity index (χ0) is 10.0. The van der Waals surface area contributed by atoms with E-state index in [-0.39, 0.29) is 5.91 Å². The van der Waals surface area contributed by atoms with Crippen LogP contribution in [-0.4, -0.2) is 29.5 Å². The van der Waals surface area contributed by atoms with Crippen LogP contribution >= 0.6 is 0 Å². The molecule has 0 aliphatic heterocycles. The van der Waals surface area contributed by atoms with Gasteiger partial charge in [0.05, 0.1) is 6.42 Å². The molecule has 0 atom stereocenters. The number of likely N-dealkylation sites (N-methyl/N-ethyl adjacent to an activating group) is 1. The van der Waals surface area contributed by atoms with Crippen molar-refractivity contribution in [1.82, 2.24) is 9.47 Å². The lowest BCUT2D eigenvalue weighted by molar-refractivity contribution is -0.127. The molecule has 0 radical (unpaired) electrons. The minimum Gasteiger partial charge on any atom is -0.357 e. The third-order valence-electron chi connectivity index (χ3n) is 2.10. The molecule has 1 heterocycles. The molecule has 13 heavy (non-hydrogen) atoms. The normalized spacial score (nSPS) is 10.2. The molecule has 1 rings (SSSR count). The van der Waals surface area contributed by atoms with Crippen LogP contribution in [0.1, 0.15) is 11.1 Å². The van der Waals surface area contributed by atoms with Gasteiger partial charge in [-0.2, -0.15) is 0 Å². The lowest BCUT2D eigenvalue weighted by atomic mass is 10.1. The summed E-state index contributed by atoms with van der Waals surface area (Å²) in [4.78, 5) is 13.0. The quantitative estimate of drug-likeness (QED) is 0.665. The smallest absolute Gasteiger partial charge is 0.226 e. The predicted octanol–water partition coefficient (Wildman–Crippen LogP) is 0.964. The highest BCUT2D eigenvalue weighted by molar-refractivity contribution is 5.78. The molecule has 0 unspecified atom stereocenters. The van der Waals surface area contributed by atoms with E-state index in [1.165, 1.54) is 5.56 Å². The van der Waals surface area contributed by atoms with Gasteiger partial charge in [-0.15, -0.1) is 0 Å². The van der Waals surface area contributed by atoms with Gasteiger partial charge in [0.25, 0.3) is 0 Å². The van der Waals surface area contributed by atoms with Crippen LogP contribution < -0.4 is 0 Å². The molecular weight excluding hydrogens is 164 g/mol. The maximum Gasteiger partial charge on any atom is 0.226 e. The Morgan fingerprint density at radius 3 is 2.46 bits per heavy atom. The van der Waals surface area contributed by atoms with Crippen molar-refractivity contribution in [2.45, 2.75) is 13.3 Å². The maximum atomic E-state index is 11.4. The van der Waals surface area contributed by atoms with E-state index in [2.05, 4.69) is 0 Å². The van der Waals surface area contributed by atoms with Crippen molar-refractivity contribution in [2.24, 2.45) is 7.05 Å². The van der Waals surface area contributed by atoms with E-state index < -0.39 is 0 Å². The molecular formula is C10H16N2O. The number of aryl methyl sites for hydroxylation is 2. The summed E-state index contributed by atoms with van der Waals surface area (Å²) in [5.41, 5.74) is 2.29. The zero-order valence-electron chi connectivity index (χ0n) is 8.66. The average Bonchev–Trinajstić information content (AvgIpc) is 2.30. The third kappa shape index (κ3) is 2.34. The minimum absolute atomic E-state index is 0.148. The van der Waals surface area contributed by atoms with Crippen molar-refractivity contribution in [3.63, 3.8) is 0 Å². The van der Waals surface area contributed by atoms with Crippen molar-refractivity contribution in [2.75, 3.05) is 14.1 Å². The number of hydrogen-bond donors (Lipinski definition) is 0. The first-order chi connectivity index (χ1) is 6.00. The topological polar surface area (TPSA) is 25.2 Å². The van der Waals surface area contributed by atoms with Crippen LogP contribution in [0.3, 0.4) is 0 Å². The summed E-state index contributed by atoms with van der Waals surface area (Å²) < 4.78 is 1.98. The van der Waals surface area contributed by atoms with Gasteiger partial charge < -0.3 is 9.47 Å². The van der Waals surface area contributed by atoms with Gasteiger partial charge in [-0.25, -0.2) is 0 Å². The van der Waals surface area contributed by atoms with Crippen LogP contribution in [0.15, 0.2) is 12.4 Å². The Hall–Kier alpha value is -1.25. The van der Waals surface area contributed by atoms with Crippen LogP contribution in [0.25, 0.3) is 0 Å². The minimum atomic E-state index is 0.148. The first kappa shape index (κ1) is 9.84. The lowest BCUT2D eigenvalue weighted by Crippen LogP contribution is -2.23. The van der Waals surface area contributed by atoms with E-state index >= 15 is 0 Å². The van der Waals surface area contributed by atoms with E-state index in [0.717, 1.165) is 5.56 Å². The van der Waals surface area contributed by atoms with Gasteiger partial charge in [0.15, 0.2) is 0 Å². The molecule has 0 saturated carbocycles. The molecule has 1 amide bonds. The molecule has 3 nitrogen and oxygen atoms in total. The Kier molecular flexibility index (Phi) is 2.76. The number of carbonyl (C=O) groups is 1. The van der Waals surface area contributed by atoms with Gasteiger partial charge in [-0.05, 0) is 18.1 Å². The highest BCUT2D eigenvalue weighted by atomic mass is 16.2. The molecule has 3 heteroatoms. The fourth-order valence-electron chi connectivity index (χ4n) is 1.28. The van der Waals surface area contributed by atoms with E-state index in [1.807, 2.05) is 30.9 Å². The van der Waals surface area contributed by atoms with Gasteiger partial charge in [-0.1, -0.05) is 0 Å². The van der Waals surface area contributed by atoms with Crippen LogP contribution in [0.5, 0.6) is 0 Å². The average molecular weight is 180 g/mol. The van der Waals surface area contributed by atoms with Crippen molar-refractivity contribution in [3.05, 3.63) is 23.5 Å². The Bertz CT molecular complexity index is 313. The summed E-state index contributed by atoms with van der Waals surface area (Å²) in [5, 5.41) is 0. The van der Waals surface area contributed by atoms with Crippen LogP contribution in [0.2, 0.25) is 0 Å². The van der Waals surface area contributed by atoms with Crippen molar-refractivity contribution in [3.8, 4) is 0 Å². The largest absolute Gasteiger partial charge is 0.357 e. The maximum absolute atomic E-state index is 11.4. The third-order valence-corrected chi connectivity index (χ3v) is 2.10. The second kappa shape index (κ2) is 3.64. The van der Waals surface area contributed by atoms with Gasteiger partial charge in [-0.3, -0.25) is 4.79 Å². The Morgan fingerprint density at radius 2 is 2.08 bits per heavy atom. The fourth-order valence-corrected chi connectivity index (χ4v) is 1.28. The van der Waals surface area contributed by atoms with Crippen LogP contribution in [0, 0.1) is 6.92 Å². The SMILES string of the molecule is Cc1cn(C)cc1CC(=O)N(C)C. The molecule has 0 aromatic carbocycles. The van der Waals surface area contributed by atoms with E-state index in [0.29, 0.717) is 6.42 Å². The van der Waals surface area contributed by atoms with Crippen molar-refractivity contribution >= 4 is 5.91 Å². The van der Waals surface area contributed by atoms with Crippen molar-refractivity contribution in [1.29, 1.82) is 0 Å². The standard InChI is InChI=1S/C10H16N2O/c1-8-6-12(4)7-9(8)5-10(13)11(2)3/h6-7H,5H2,1-4H3. The zero-order valence-corrected chi connectivity index (χ0v) is 8.66. The number of hydrogen-bond acceptors (Lipinski definition) is 1. The highest BCUT2D eigenvalue weighted by Gasteiger charge is 2.08. The van der Waals surface area contributed by atoms with Gasteiger partial charge in [0.2, 0.25) is 5.91 Å². The molecule has 0 N–H and O–H groups in total. The second-order valence-corrected chi connectivity index (χ2v) is 3.60. The summed E-state index contributed by atoms with van der Waals surface area (Å²) in [6.45, 7) is 2.03. The fraction of sp³-hybridized carbons (Fsp3) is 0.500. The first-order valence-electron chi connectivity index (χ1n) is 4.32. The molecule has 1 aromatic heterocycles. The number of rotatable bonds is 2. The molecule has 0 aliphatic rings. The monoisotopic (exact) mass is 180 g/mol. The molecule has 0 fully saturated rings. The molecule has 0 aliphatic carbocycles. The molecule has 0 saturated heterocycles. The highest BCUT2D eigenvalue weighted by Crippen LogP contribution is 2.09. The number of nitrogens with zero attached hydrogens (tertiary/aromatic N) is 2. The first-order valence-corrected chi connectivity index (χ1v) is 4.32. The van der Waals surface area contributed by atoms with Crippen molar-refractivity contribution < 1.29 is 4.79 Å². The van der Waals surface area contributed by atoms with Gasteiger partial charge in [0.1, 0.15) is 0 Å². The summed E-state index contributed by atoms with van der Waals surface area (Å²) >= 11 is 0. The van der Waals surface area contributed by atoms with Gasteiger partial charge in [0, 0.05) is 33.5 Å². The lowest BCUT2D eigenvalue weighted by Gasteiger charge is -2.09. The van der Waals surface area contributed by atoms with E-state index in [9.17, 15) is 4.79 Å². The van der Waals surface area contributed by atoms with E-state index in [1.54, 1.807) is 19.0 Å². The Morgan fingerprint density at radius 1 is 1.46 bits per heavy atom. The Balaban J connectivity index is 2.74. The number of aromatic nitrogens is 1. The predicted molar refractivity (Wildman–Crippen MR) is 52.5 cm³/mol. The summed E-state index contributed by atoms with van der Waals surface area (Å²) in [7, 11) is 5.53. The summed E-state index contributed by atoms with van der Waals surface area (Å²) in [5.74, 6) is 0.148. The number of amides is 1. The van der Waals surface area contributed by atoms with Crippen LogP contribution in [0.4, 0.5) is 0 Å². The molecule has 0 bridgehead atoms. The summed E-state index contributed by atoms with van der Waals surface area (Å²) in [6, 6.07) is 0. The Labute approximate surface area is 79.0 Å². The van der Waals surface area contributed by atoms with Gasteiger partial charge >= 0.3 is 0 Å². The second-order valence-electron chi connectivity index (χ2n) is 3.60. The van der Waals surface area contributed by atoms with E-state index in [4.69, 9.17) is 0 Å².